The highest BCUT2D eigenvalue weighted by Crippen LogP contribution is 2.11. The SMILES string of the molecule is Cc1noc(C)c1CNC(=O)/C=C/c1cccc(N)c1. The van der Waals surface area contributed by atoms with Gasteiger partial charge < -0.3 is 15.6 Å². The lowest BCUT2D eigenvalue weighted by Crippen LogP contribution is -2.20. The van der Waals surface area contributed by atoms with Crippen LogP contribution < -0.4 is 11.1 Å². The third-order valence-corrected chi connectivity index (χ3v) is 2.96. The lowest BCUT2D eigenvalue weighted by Gasteiger charge is -2.01. The molecule has 1 aromatic heterocycles. The fourth-order valence-corrected chi connectivity index (χ4v) is 1.82. The molecule has 0 saturated carbocycles. The van der Waals surface area contributed by atoms with Crippen molar-refractivity contribution in [2.75, 3.05) is 5.73 Å². The largest absolute Gasteiger partial charge is 0.399 e. The van der Waals surface area contributed by atoms with Gasteiger partial charge in [0.1, 0.15) is 5.76 Å². The van der Waals surface area contributed by atoms with E-state index in [1.54, 1.807) is 18.2 Å². The molecule has 5 heteroatoms. The van der Waals surface area contributed by atoms with E-state index in [4.69, 9.17) is 10.3 Å². The summed E-state index contributed by atoms with van der Waals surface area (Å²) in [5, 5.41) is 6.63. The van der Waals surface area contributed by atoms with Gasteiger partial charge in [0, 0.05) is 23.9 Å². The molecule has 0 bridgehead atoms. The smallest absolute Gasteiger partial charge is 0.244 e. The number of nitrogen functional groups attached to an aromatic ring is 1. The normalized spacial score (nSPS) is 10.9. The minimum Gasteiger partial charge on any atom is -0.399 e. The van der Waals surface area contributed by atoms with Crippen LogP contribution in [0, 0.1) is 13.8 Å². The van der Waals surface area contributed by atoms with Gasteiger partial charge in [-0.25, -0.2) is 0 Å². The Morgan fingerprint density at radius 3 is 2.90 bits per heavy atom. The van der Waals surface area contributed by atoms with Gasteiger partial charge in [0.05, 0.1) is 5.69 Å². The summed E-state index contributed by atoms with van der Waals surface area (Å²) in [5.74, 6) is 0.551. The predicted molar refractivity (Wildman–Crippen MR) is 77.7 cm³/mol. The van der Waals surface area contributed by atoms with Crippen LogP contribution in [0.15, 0.2) is 34.9 Å². The molecule has 1 heterocycles. The molecule has 0 fully saturated rings. The standard InChI is InChI=1S/C15H17N3O2/c1-10-14(11(2)20-18-10)9-17-15(19)7-6-12-4-3-5-13(16)8-12/h3-8H,9,16H2,1-2H3,(H,17,19)/b7-6+. The van der Waals surface area contributed by atoms with Crippen molar-refractivity contribution >= 4 is 17.7 Å². The second-order valence-electron chi connectivity index (χ2n) is 4.52. The van der Waals surface area contributed by atoms with Crippen molar-refractivity contribution in [2.45, 2.75) is 20.4 Å². The first-order valence-corrected chi connectivity index (χ1v) is 6.29. The molecule has 0 atom stereocenters. The highest BCUT2D eigenvalue weighted by atomic mass is 16.5. The van der Waals surface area contributed by atoms with E-state index in [1.807, 2.05) is 26.0 Å². The summed E-state index contributed by atoms with van der Waals surface area (Å²) in [6.45, 7) is 4.08. The van der Waals surface area contributed by atoms with Crippen LogP contribution in [0.25, 0.3) is 6.08 Å². The van der Waals surface area contributed by atoms with E-state index in [2.05, 4.69) is 10.5 Å². The molecule has 0 aliphatic heterocycles. The molecule has 3 N–H and O–H groups in total. The molecule has 104 valence electrons. The van der Waals surface area contributed by atoms with Crippen molar-refractivity contribution in [1.29, 1.82) is 0 Å². The van der Waals surface area contributed by atoms with Gasteiger partial charge in [0.2, 0.25) is 5.91 Å². The first-order valence-electron chi connectivity index (χ1n) is 6.29. The molecule has 0 aliphatic carbocycles. The maximum Gasteiger partial charge on any atom is 0.244 e. The second kappa shape index (κ2) is 6.06. The van der Waals surface area contributed by atoms with Crippen LogP contribution in [0.3, 0.4) is 0 Å². The minimum atomic E-state index is -0.174. The third-order valence-electron chi connectivity index (χ3n) is 2.96. The maximum atomic E-state index is 11.7. The summed E-state index contributed by atoms with van der Waals surface area (Å²) in [4.78, 5) is 11.7. The third kappa shape index (κ3) is 3.47. The highest BCUT2D eigenvalue weighted by molar-refractivity contribution is 5.91. The molecule has 2 aromatic rings. The molecule has 5 nitrogen and oxygen atoms in total. The molecule has 0 spiro atoms. The van der Waals surface area contributed by atoms with E-state index in [9.17, 15) is 4.79 Å². The molecule has 1 aromatic carbocycles. The number of aromatic nitrogens is 1. The van der Waals surface area contributed by atoms with Crippen molar-refractivity contribution < 1.29 is 9.32 Å². The highest BCUT2D eigenvalue weighted by Gasteiger charge is 2.08. The van der Waals surface area contributed by atoms with E-state index in [0.717, 1.165) is 22.6 Å². The summed E-state index contributed by atoms with van der Waals surface area (Å²) in [6.07, 6.45) is 3.20. The Labute approximate surface area is 117 Å². The maximum absolute atomic E-state index is 11.7. The van der Waals surface area contributed by atoms with Crippen molar-refractivity contribution in [1.82, 2.24) is 10.5 Å². The number of aryl methyl sites for hydroxylation is 2. The number of carbonyl (C=O) groups excluding carboxylic acids is 1. The average molecular weight is 271 g/mol. The number of rotatable bonds is 4. The van der Waals surface area contributed by atoms with E-state index >= 15 is 0 Å². The van der Waals surface area contributed by atoms with Crippen molar-refractivity contribution in [2.24, 2.45) is 0 Å². The number of benzene rings is 1. The van der Waals surface area contributed by atoms with Crippen molar-refractivity contribution in [3.63, 3.8) is 0 Å². The summed E-state index contributed by atoms with van der Waals surface area (Å²) < 4.78 is 5.04. The Balaban J connectivity index is 1.93. The van der Waals surface area contributed by atoms with Gasteiger partial charge in [-0.05, 0) is 37.6 Å². The first kappa shape index (κ1) is 13.9. The average Bonchev–Trinajstić information content (AvgIpc) is 2.74. The van der Waals surface area contributed by atoms with Crippen LogP contribution in [0.5, 0.6) is 0 Å². The van der Waals surface area contributed by atoms with E-state index in [-0.39, 0.29) is 5.91 Å². The van der Waals surface area contributed by atoms with Crippen LogP contribution in [-0.2, 0) is 11.3 Å². The predicted octanol–water partition coefficient (Wildman–Crippen LogP) is 2.20. The number of nitrogens with two attached hydrogens (primary N) is 1. The Hall–Kier alpha value is -2.56. The molecule has 0 saturated heterocycles. The molecule has 0 aliphatic rings. The first-order chi connectivity index (χ1) is 9.56. The van der Waals surface area contributed by atoms with Gasteiger partial charge in [0.15, 0.2) is 0 Å². The van der Waals surface area contributed by atoms with Crippen LogP contribution >= 0.6 is 0 Å². The fraction of sp³-hybridized carbons (Fsp3) is 0.200. The summed E-state index contributed by atoms with van der Waals surface area (Å²) >= 11 is 0. The van der Waals surface area contributed by atoms with Gasteiger partial charge in [-0.3, -0.25) is 4.79 Å². The molecule has 0 unspecified atom stereocenters. The molecule has 1 amide bonds. The molecular formula is C15H17N3O2. The lowest BCUT2D eigenvalue weighted by atomic mass is 10.2. The van der Waals surface area contributed by atoms with Gasteiger partial charge in [0.25, 0.3) is 0 Å². The second-order valence-corrected chi connectivity index (χ2v) is 4.52. The Morgan fingerprint density at radius 1 is 1.45 bits per heavy atom. The number of nitrogens with zero attached hydrogens (tertiary/aromatic N) is 1. The zero-order chi connectivity index (χ0) is 14.5. The lowest BCUT2D eigenvalue weighted by molar-refractivity contribution is -0.116. The van der Waals surface area contributed by atoms with Gasteiger partial charge in [-0.15, -0.1) is 0 Å². The van der Waals surface area contributed by atoms with Crippen LogP contribution in [0.4, 0.5) is 5.69 Å². The summed E-state index contributed by atoms with van der Waals surface area (Å²) in [5.41, 5.74) is 8.93. The number of anilines is 1. The quantitative estimate of drug-likeness (QED) is 0.660. The number of hydrogen-bond acceptors (Lipinski definition) is 4. The van der Waals surface area contributed by atoms with Crippen LogP contribution in [0.2, 0.25) is 0 Å². The van der Waals surface area contributed by atoms with Gasteiger partial charge in [-0.1, -0.05) is 17.3 Å². The van der Waals surface area contributed by atoms with E-state index < -0.39 is 0 Å². The number of amides is 1. The molecule has 0 radical (unpaired) electrons. The van der Waals surface area contributed by atoms with Crippen LogP contribution in [-0.4, -0.2) is 11.1 Å². The Bertz CT molecular complexity index is 625. The van der Waals surface area contributed by atoms with Crippen LogP contribution in [0.1, 0.15) is 22.6 Å². The topological polar surface area (TPSA) is 81.2 Å². The fourth-order valence-electron chi connectivity index (χ4n) is 1.82. The van der Waals surface area contributed by atoms with Crippen molar-refractivity contribution in [3.05, 3.63) is 52.9 Å². The zero-order valence-corrected chi connectivity index (χ0v) is 11.5. The Kier molecular flexibility index (Phi) is 4.20. The van der Waals surface area contributed by atoms with Gasteiger partial charge >= 0.3 is 0 Å². The summed E-state index contributed by atoms with van der Waals surface area (Å²) in [7, 11) is 0. The zero-order valence-electron chi connectivity index (χ0n) is 11.5. The van der Waals surface area contributed by atoms with Gasteiger partial charge in [-0.2, -0.15) is 0 Å². The minimum absolute atomic E-state index is 0.174. The molecule has 20 heavy (non-hydrogen) atoms. The van der Waals surface area contributed by atoms with E-state index in [0.29, 0.717) is 12.2 Å². The molecular weight excluding hydrogens is 254 g/mol. The monoisotopic (exact) mass is 271 g/mol. The number of hydrogen-bond donors (Lipinski definition) is 2. The van der Waals surface area contributed by atoms with Crippen molar-refractivity contribution in [3.8, 4) is 0 Å². The Morgan fingerprint density at radius 2 is 2.25 bits per heavy atom. The number of carbonyl (C=O) groups is 1. The molecule has 2 rings (SSSR count). The number of nitrogens with one attached hydrogen (secondary N) is 1. The van der Waals surface area contributed by atoms with E-state index in [1.165, 1.54) is 6.08 Å². The summed E-state index contributed by atoms with van der Waals surface area (Å²) in [6, 6.07) is 7.33.